The molecule has 4 atom stereocenters. The van der Waals surface area contributed by atoms with Crippen molar-refractivity contribution in [1.82, 2.24) is 20.8 Å². The number of urea groups is 1. The van der Waals surface area contributed by atoms with Crippen LogP contribution in [-0.4, -0.2) is 33.2 Å². The summed E-state index contributed by atoms with van der Waals surface area (Å²) in [5, 5.41) is 24.8. The Morgan fingerprint density at radius 1 is 0.809 bits per heavy atom. The van der Waals surface area contributed by atoms with Crippen molar-refractivity contribution < 1.29 is 19.4 Å². The molecule has 0 bridgehead atoms. The second-order valence-electron chi connectivity index (χ2n) is 11.6. The van der Waals surface area contributed by atoms with Crippen LogP contribution in [0.15, 0.2) is 107 Å². The van der Waals surface area contributed by atoms with Gasteiger partial charge < -0.3 is 25.2 Å². The Hall–Kier alpha value is -4.06. The zero-order valence-electron chi connectivity index (χ0n) is 26.3. The number of aliphatic hydroxyl groups is 1. The Labute approximate surface area is 283 Å². The van der Waals surface area contributed by atoms with Crippen molar-refractivity contribution >= 4 is 29.1 Å². The summed E-state index contributed by atoms with van der Waals surface area (Å²) in [6.45, 7) is 5.00. The molecule has 1 fully saturated rings. The fraction of sp³-hybridized carbons (Fsp3) is 0.270. The van der Waals surface area contributed by atoms with Crippen molar-refractivity contribution in [2.45, 2.75) is 56.4 Å². The number of aliphatic hydroxyl groups excluding tert-OH is 1. The van der Waals surface area contributed by atoms with Crippen molar-refractivity contribution in [2.75, 3.05) is 5.75 Å². The van der Waals surface area contributed by atoms with Crippen molar-refractivity contribution in [3.8, 4) is 11.1 Å². The van der Waals surface area contributed by atoms with Gasteiger partial charge in [0.1, 0.15) is 5.01 Å². The van der Waals surface area contributed by atoms with E-state index in [9.17, 15) is 9.90 Å². The molecule has 0 saturated carbocycles. The summed E-state index contributed by atoms with van der Waals surface area (Å²) in [4.78, 5) is 12.4. The Kier molecular flexibility index (Phi) is 11.0. The van der Waals surface area contributed by atoms with Crippen molar-refractivity contribution in [2.24, 2.45) is 5.92 Å². The summed E-state index contributed by atoms with van der Waals surface area (Å²) >= 11 is 3.25. The molecular weight excluding hydrogens is 629 g/mol. The third-order valence-corrected chi connectivity index (χ3v) is 10.2. The van der Waals surface area contributed by atoms with E-state index in [4.69, 9.17) is 9.47 Å². The molecule has 0 aliphatic carbocycles. The van der Waals surface area contributed by atoms with Gasteiger partial charge in [-0.05, 0) is 52.4 Å². The number of ether oxygens (including phenoxy) is 2. The number of rotatable bonds is 11. The van der Waals surface area contributed by atoms with Crippen LogP contribution in [0.5, 0.6) is 0 Å². The summed E-state index contributed by atoms with van der Waals surface area (Å²) in [5.74, 6) is 0.791. The quantitative estimate of drug-likeness (QED) is 0.125. The van der Waals surface area contributed by atoms with Gasteiger partial charge in [0.2, 0.25) is 0 Å². The zero-order valence-corrected chi connectivity index (χ0v) is 28.0. The molecule has 47 heavy (non-hydrogen) atoms. The lowest BCUT2D eigenvalue weighted by Gasteiger charge is -2.41. The van der Waals surface area contributed by atoms with Gasteiger partial charge in [-0.1, -0.05) is 121 Å². The van der Waals surface area contributed by atoms with E-state index in [1.807, 2.05) is 85.8 Å². The first kappa shape index (κ1) is 32.9. The Balaban J connectivity index is 1.17. The molecule has 0 spiro atoms. The van der Waals surface area contributed by atoms with Crippen LogP contribution in [0.1, 0.15) is 52.1 Å². The first-order valence-corrected chi connectivity index (χ1v) is 17.4. The molecule has 0 radical (unpaired) electrons. The smallest absolute Gasteiger partial charge is 0.315 e. The lowest BCUT2D eigenvalue weighted by Crippen LogP contribution is -2.38. The SMILES string of the molecule is Cc1nnc(SCC2OC(c3cccc(-c4cccc(CNC(=O)NCc5ccccc5)c4)c3)OC(c3ccc(CO)cc3)C2C)s1. The number of carbonyl (C=O) groups excluding carboxylic acids is 1. The summed E-state index contributed by atoms with van der Waals surface area (Å²) in [6.07, 6.45) is -0.875. The maximum Gasteiger partial charge on any atom is 0.315 e. The van der Waals surface area contributed by atoms with E-state index in [-0.39, 0.29) is 30.8 Å². The van der Waals surface area contributed by atoms with Crippen molar-refractivity contribution in [3.63, 3.8) is 0 Å². The topological polar surface area (TPSA) is 106 Å². The number of nitrogens with one attached hydrogen (secondary N) is 2. The number of aryl methyl sites for hydroxylation is 1. The van der Waals surface area contributed by atoms with Crippen LogP contribution in [0.25, 0.3) is 11.1 Å². The molecular formula is C37H38N4O4S2. The molecule has 4 aromatic carbocycles. The Morgan fingerprint density at radius 2 is 1.51 bits per heavy atom. The minimum absolute atomic E-state index is 0.000858. The van der Waals surface area contributed by atoms with Gasteiger partial charge >= 0.3 is 6.03 Å². The van der Waals surface area contributed by atoms with E-state index in [1.54, 1.807) is 23.1 Å². The lowest BCUT2D eigenvalue weighted by atomic mass is 9.91. The van der Waals surface area contributed by atoms with Crippen LogP contribution in [0.2, 0.25) is 0 Å². The zero-order chi connectivity index (χ0) is 32.6. The van der Waals surface area contributed by atoms with Gasteiger partial charge in [0.25, 0.3) is 0 Å². The highest BCUT2D eigenvalue weighted by Gasteiger charge is 2.38. The molecule has 6 rings (SSSR count). The molecule has 1 aliphatic rings. The molecule has 1 saturated heterocycles. The number of hydrogen-bond donors (Lipinski definition) is 3. The molecule has 242 valence electrons. The molecule has 3 N–H and O–H groups in total. The molecule has 10 heteroatoms. The number of thioether (sulfide) groups is 1. The molecule has 2 amide bonds. The van der Waals surface area contributed by atoms with Crippen LogP contribution in [-0.2, 0) is 29.2 Å². The first-order valence-electron chi connectivity index (χ1n) is 15.6. The number of benzene rings is 4. The number of hydrogen-bond acceptors (Lipinski definition) is 8. The fourth-order valence-corrected chi connectivity index (χ4v) is 7.55. The molecule has 8 nitrogen and oxygen atoms in total. The van der Waals surface area contributed by atoms with Gasteiger partial charge in [-0.2, -0.15) is 0 Å². The minimum Gasteiger partial charge on any atom is -0.392 e. The van der Waals surface area contributed by atoms with Crippen LogP contribution in [0, 0.1) is 12.8 Å². The normalized spacial score (nSPS) is 19.3. The van der Waals surface area contributed by atoms with E-state index in [0.29, 0.717) is 18.8 Å². The van der Waals surface area contributed by atoms with Crippen LogP contribution in [0.3, 0.4) is 0 Å². The molecule has 5 aromatic rings. The van der Waals surface area contributed by atoms with Gasteiger partial charge in [0.05, 0.1) is 18.8 Å². The second kappa shape index (κ2) is 15.7. The number of amides is 2. The third-order valence-electron chi connectivity index (χ3n) is 8.17. The van der Waals surface area contributed by atoms with E-state index in [1.165, 1.54) is 0 Å². The van der Waals surface area contributed by atoms with Gasteiger partial charge in [-0.3, -0.25) is 0 Å². The van der Waals surface area contributed by atoms with Crippen LogP contribution < -0.4 is 10.6 Å². The summed E-state index contributed by atoms with van der Waals surface area (Å²) in [5.41, 5.74) is 6.95. The molecule has 2 heterocycles. The average molecular weight is 667 g/mol. The molecule has 1 aliphatic heterocycles. The highest BCUT2D eigenvalue weighted by molar-refractivity contribution is 8.01. The van der Waals surface area contributed by atoms with Gasteiger partial charge in [-0.15, -0.1) is 10.2 Å². The van der Waals surface area contributed by atoms with E-state index in [2.05, 4.69) is 52.0 Å². The van der Waals surface area contributed by atoms with Gasteiger partial charge in [0.15, 0.2) is 10.6 Å². The van der Waals surface area contributed by atoms with E-state index < -0.39 is 6.29 Å². The van der Waals surface area contributed by atoms with Gasteiger partial charge in [-0.25, -0.2) is 4.79 Å². The number of nitrogens with zero attached hydrogens (tertiary/aromatic N) is 2. The highest BCUT2D eigenvalue weighted by atomic mass is 32.2. The van der Waals surface area contributed by atoms with E-state index >= 15 is 0 Å². The third kappa shape index (κ3) is 8.65. The largest absolute Gasteiger partial charge is 0.392 e. The fourth-order valence-electron chi connectivity index (χ4n) is 5.55. The molecule has 1 aromatic heterocycles. The molecule has 4 unspecified atom stereocenters. The summed E-state index contributed by atoms with van der Waals surface area (Å²) in [7, 11) is 0. The maximum atomic E-state index is 12.4. The minimum atomic E-state index is -0.575. The maximum absolute atomic E-state index is 12.4. The van der Waals surface area contributed by atoms with E-state index in [0.717, 1.165) is 48.3 Å². The summed E-state index contributed by atoms with van der Waals surface area (Å²) in [6, 6.07) is 34.0. The van der Waals surface area contributed by atoms with Crippen LogP contribution in [0.4, 0.5) is 4.79 Å². The predicted octanol–water partition coefficient (Wildman–Crippen LogP) is 7.59. The number of carbonyl (C=O) groups is 1. The monoisotopic (exact) mass is 666 g/mol. The highest BCUT2D eigenvalue weighted by Crippen LogP contribution is 2.43. The Morgan fingerprint density at radius 3 is 2.23 bits per heavy atom. The second-order valence-corrected chi connectivity index (χ2v) is 14.0. The Bertz CT molecular complexity index is 1770. The first-order chi connectivity index (χ1) is 22.9. The van der Waals surface area contributed by atoms with Crippen molar-refractivity contribution in [3.05, 3.63) is 136 Å². The van der Waals surface area contributed by atoms with Gasteiger partial charge in [0, 0.05) is 30.3 Å². The average Bonchev–Trinajstić information content (AvgIpc) is 3.54. The van der Waals surface area contributed by atoms with Crippen LogP contribution >= 0.6 is 23.1 Å². The standard InChI is InChI=1S/C37H38N4O4S2/c1-24-33(23-46-37-41-40-25(2)47-37)44-35(45-34(24)29-16-14-27(22-42)15-17-29)32-13-7-12-31(19-32)30-11-6-10-28(18-30)21-39-36(43)38-20-26-8-4-3-5-9-26/h3-19,24,33-35,42H,20-23H2,1-2H3,(H2,38,39,43). The lowest BCUT2D eigenvalue weighted by molar-refractivity contribution is -0.268. The van der Waals surface area contributed by atoms with Crippen molar-refractivity contribution in [1.29, 1.82) is 0 Å². The number of aromatic nitrogens is 2. The predicted molar refractivity (Wildman–Crippen MR) is 186 cm³/mol. The summed E-state index contributed by atoms with van der Waals surface area (Å²) < 4.78 is 14.3.